The zero-order chi connectivity index (χ0) is 10.7. The van der Waals surface area contributed by atoms with Gasteiger partial charge in [0.05, 0.1) is 6.10 Å². The van der Waals surface area contributed by atoms with E-state index in [0.717, 1.165) is 0 Å². The van der Waals surface area contributed by atoms with Gasteiger partial charge in [0.25, 0.3) is 0 Å². The lowest BCUT2D eigenvalue weighted by Gasteiger charge is -2.17. The van der Waals surface area contributed by atoms with E-state index in [4.69, 9.17) is 5.11 Å². The van der Waals surface area contributed by atoms with Gasteiger partial charge in [-0.15, -0.1) is 0 Å². The average molecular weight is 263 g/mol. The lowest BCUT2D eigenvalue weighted by Crippen LogP contribution is -2.19. The molecule has 2 atom stereocenters. The highest BCUT2D eigenvalue weighted by Gasteiger charge is 2.21. The largest absolute Gasteiger partial charge is 0.504 e. The van der Waals surface area contributed by atoms with Crippen molar-refractivity contribution in [2.75, 3.05) is 5.33 Å². The molecule has 0 spiro atoms. The molecule has 1 rings (SSSR count). The molecule has 0 saturated heterocycles. The fourth-order valence-corrected chi connectivity index (χ4v) is 1.43. The van der Waals surface area contributed by atoms with Crippen LogP contribution in [0, 0.1) is 0 Å². The number of aromatic hydroxyl groups is 2. The van der Waals surface area contributed by atoms with E-state index < -0.39 is 18.0 Å². The fraction of sp³-hybridized carbons (Fsp3) is 0.333. The molecule has 1 aromatic rings. The van der Waals surface area contributed by atoms with Gasteiger partial charge in [0.1, 0.15) is 6.10 Å². The Kier molecular flexibility index (Phi) is 3.74. The molecule has 0 bridgehead atoms. The van der Waals surface area contributed by atoms with Crippen molar-refractivity contribution < 1.29 is 20.4 Å². The number of halogens is 1. The molecule has 2 unspecified atom stereocenters. The molecule has 78 valence electrons. The second-order valence-electron chi connectivity index (χ2n) is 2.88. The standard InChI is InChI=1S/C9H11BrO4/c10-4-7(12)9(14)5-2-1-3-6(11)8(5)13/h1-3,7,9,11-14H,4H2. The van der Waals surface area contributed by atoms with Crippen LogP contribution in [-0.4, -0.2) is 31.9 Å². The second-order valence-corrected chi connectivity index (χ2v) is 3.53. The maximum Gasteiger partial charge on any atom is 0.163 e. The maximum atomic E-state index is 9.54. The van der Waals surface area contributed by atoms with Crippen LogP contribution >= 0.6 is 15.9 Å². The molecular weight excluding hydrogens is 252 g/mol. The molecule has 4 nitrogen and oxygen atoms in total. The summed E-state index contributed by atoms with van der Waals surface area (Å²) in [5.74, 6) is -0.719. The molecule has 0 fully saturated rings. The Morgan fingerprint density at radius 2 is 1.86 bits per heavy atom. The topological polar surface area (TPSA) is 80.9 Å². The van der Waals surface area contributed by atoms with Crippen LogP contribution in [0.15, 0.2) is 18.2 Å². The highest BCUT2D eigenvalue weighted by atomic mass is 79.9. The summed E-state index contributed by atoms with van der Waals surface area (Å²) in [6.07, 6.45) is -2.25. The summed E-state index contributed by atoms with van der Waals surface area (Å²) in [6.45, 7) is 0. The molecule has 0 aliphatic heterocycles. The molecular formula is C9H11BrO4. The van der Waals surface area contributed by atoms with Gasteiger partial charge in [-0.2, -0.15) is 0 Å². The van der Waals surface area contributed by atoms with Crippen LogP contribution in [0.25, 0.3) is 0 Å². The molecule has 5 heteroatoms. The zero-order valence-corrected chi connectivity index (χ0v) is 8.85. The number of phenols is 2. The number of benzene rings is 1. The number of phenolic OH excluding ortho intramolecular Hbond substituents is 2. The van der Waals surface area contributed by atoms with E-state index in [-0.39, 0.29) is 16.6 Å². The van der Waals surface area contributed by atoms with E-state index in [0.29, 0.717) is 0 Å². The Hall–Kier alpha value is -0.780. The molecule has 14 heavy (non-hydrogen) atoms. The Balaban J connectivity index is 3.01. The molecule has 4 N–H and O–H groups in total. The highest BCUT2D eigenvalue weighted by Crippen LogP contribution is 2.33. The lowest BCUT2D eigenvalue weighted by atomic mass is 10.0. The van der Waals surface area contributed by atoms with E-state index in [1.807, 2.05) is 0 Å². The minimum Gasteiger partial charge on any atom is -0.504 e. The number of hydrogen-bond acceptors (Lipinski definition) is 4. The first-order chi connectivity index (χ1) is 6.57. The van der Waals surface area contributed by atoms with E-state index in [2.05, 4.69) is 15.9 Å². The number of rotatable bonds is 3. The van der Waals surface area contributed by atoms with Crippen molar-refractivity contribution in [2.24, 2.45) is 0 Å². The van der Waals surface area contributed by atoms with Crippen molar-refractivity contribution in [3.05, 3.63) is 23.8 Å². The van der Waals surface area contributed by atoms with E-state index in [9.17, 15) is 15.3 Å². The predicted octanol–water partition coefficient (Wildman–Crippen LogP) is 0.887. The first-order valence-electron chi connectivity index (χ1n) is 4.01. The lowest BCUT2D eigenvalue weighted by molar-refractivity contribution is 0.0326. The number of aliphatic hydroxyl groups excluding tert-OH is 2. The second kappa shape index (κ2) is 4.63. The summed E-state index contributed by atoms with van der Waals surface area (Å²) in [5.41, 5.74) is 0.108. The zero-order valence-electron chi connectivity index (χ0n) is 7.26. The van der Waals surface area contributed by atoms with E-state index in [1.165, 1.54) is 18.2 Å². The molecule has 0 saturated carbocycles. The summed E-state index contributed by atoms with van der Waals surface area (Å²) in [7, 11) is 0. The van der Waals surface area contributed by atoms with Crippen LogP contribution in [0.1, 0.15) is 11.7 Å². The van der Waals surface area contributed by atoms with Gasteiger partial charge < -0.3 is 20.4 Å². The van der Waals surface area contributed by atoms with Gasteiger partial charge in [0.2, 0.25) is 0 Å². The number of hydrogen-bond donors (Lipinski definition) is 4. The number of para-hydroxylation sites is 1. The summed E-state index contributed by atoms with van der Waals surface area (Å²) in [5, 5.41) is 37.6. The number of aliphatic hydroxyl groups is 2. The van der Waals surface area contributed by atoms with Gasteiger partial charge in [-0.25, -0.2) is 0 Å². The van der Waals surface area contributed by atoms with Crippen LogP contribution in [-0.2, 0) is 0 Å². The fourth-order valence-electron chi connectivity index (χ4n) is 1.08. The summed E-state index contributed by atoms with van der Waals surface area (Å²) in [6, 6.07) is 4.21. The van der Waals surface area contributed by atoms with E-state index >= 15 is 0 Å². The molecule has 0 radical (unpaired) electrons. The Morgan fingerprint density at radius 1 is 1.21 bits per heavy atom. The van der Waals surface area contributed by atoms with Crippen LogP contribution in [0.4, 0.5) is 0 Å². The van der Waals surface area contributed by atoms with Gasteiger partial charge in [-0.05, 0) is 6.07 Å². The number of alkyl halides is 1. The molecule has 0 heterocycles. The first-order valence-corrected chi connectivity index (χ1v) is 5.13. The average Bonchev–Trinajstić information content (AvgIpc) is 2.20. The third kappa shape index (κ3) is 2.17. The Labute approximate surface area is 89.6 Å². The first kappa shape index (κ1) is 11.3. The Bertz CT molecular complexity index is 316. The van der Waals surface area contributed by atoms with Gasteiger partial charge in [0, 0.05) is 10.9 Å². The predicted molar refractivity (Wildman–Crippen MR) is 54.5 cm³/mol. The summed E-state index contributed by atoms with van der Waals surface area (Å²) < 4.78 is 0. The maximum absolute atomic E-state index is 9.54. The SMILES string of the molecule is Oc1cccc(C(O)C(O)CBr)c1O. The normalized spacial score (nSPS) is 15.1. The van der Waals surface area contributed by atoms with E-state index in [1.54, 1.807) is 0 Å². The van der Waals surface area contributed by atoms with Crippen LogP contribution in [0.2, 0.25) is 0 Å². The minimum absolute atomic E-state index is 0.108. The van der Waals surface area contributed by atoms with Crippen molar-refractivity contribution in [3.63, 3.8) is 0 Å². The minimum atomic E-state index is -1.22. The summed E-state index contributed by atoms with van der Waals surface area (Å²) in [4.78, 5) is 0. The van der Waals surface area contributed by atoms with Crippen molar-refractivity contribution in [3.8, 4) is 11.5 Å². The van der Waals surface area contributed by atoms with Crippen LogP contribution in [0.5, 0.6) is 11.5 Å². The monoisotopic (exact) mass is 262 g/mol. The van der Waals surface area contributed by atoms with Crippen molar-refractivity contribution in [1.29, 1.82) is 0 Å². The molecule has 1 aromatic carbocycles. The van der Waals surface area contributed by atoms with Gasteiger partial charge in [-0.1, -0.05) is 28.1 Å². The molecule has 0 aromatic heterocycles. The Morgan fingerprint density at radius 3 is 2.43 bits per heavy atom. The molecule has 0 aliphatic rings. The highest BCUT2D eigenvalue weighted by molar-refractivity contribution is 9.09. The summed E-state index contributed by atoms with van der Waals surface area (Å²) >= 11 is 3.00. The molecule has 0 aliphatic carbocycles. The van der Waals surface area contributed by atoms with Gasteiger partial charge >= 0.3 is 0 Å². The third-order valence-electron chi connectivity index (χ3n) is 1.89. The van der Waals surface area contributed by atoms with Gasteiger partial charge in [0.15, 0.2) is 11.5 Å². The van der Waals surface area contributed by atoms with Crippen molar-refractivity contribution in [1.82, 2.24) is 0 Å². The quantitative estimate of drug-likeness (QED) is 0.482. The van der Waals surface area contributed by atoms with Crippen LogP contribution in [0.3, 0.4) is 0 Å². The van der Waals surface area contributed by atoms with Gasteiger partial charge in [-0.3, -0.25) is 0 Å². The van der Waals surface area contributed by atoms with Crippen molar-refractivity contribution >= 4 is 15.9 Å². The van der Waals surface area contributed by atoms with Crippen molar-refractivity contribution in [2.45, 2.75) is 12.2 Å². The third-order valence-corrected chi connectivity index (χ3v) is 2.55. The smallest absolute Gasteiger partial charge is 0.163 e. The molecule has 0 amide bonds. The van der Waals surface area contributed by atoms with Crippen LogP contribution < -0.4 is 0 Å².